The molecule has 0 spiro atoms. The number of para-hydroxylation sites is 1. The van der Waals surface area contributed by atoms with Crippen molar-refractivity contribution in [1.82, 2.24) is 29.1 Å². The van der Waals surface area contributed by atoms with Gasteiger partial charge < -0.3 is 0 Å². The molecule has 0 fully saturated rings. The molecule has 1 aliphatic rings. The number of benzene rings is 4. The number of imidazole rings is 2. The minimum atomic E-state index is 0.842. The summed E-state index contributed by atoms with van der Waals surface area (Å²) in [7, 11) is 0. The molecule has 0 bridgehead atoms. The van der Waals surface area contributed by atoms with Gasteiger partial charge in [-0.2, -0.15) is 0 Å². The van der Waals surface area contributed by atoms with Crippen LogP contribution in [0.25, 0.3) is 78.7 Å². The van der Waals surface area contributed by atoms with Gasteiger partial charge in [0.15, 0.2) is 11.3 Å². The van der Waals surface area contributed by atoms with E-state index >= 15 is 0 Å². The molecule has 6 heteroatoms. The highest BCUT2D eigenvalue weighted by atomic mass is 15.1. The Bertz CT molecular complexity index is 2500. The van der Waals surface area contributed by atoms with Crippen LogP contribution in [-0.2, 0) is 0 Å². The summed E-state index contributed by atoms with van der Waals surface area (Å²) >= 11 is 0. The number of nitrogens with zero attached hydrogens (tertiary/aromatic N) is 6. The van der Waals surface area contributed by atoms with E-state index in [0.717, 1.165) is 85.9 Å². The molecule has 9 rings (SSSR count). The fourth-order valence-corrected chi connectivity index (χ4v) is 6.61. The van der Waals surface area contributed by atoms with E-state index in [1.54, 1.807) is 0 Å². The predicted octanol–water partition coefficient (Wildman–Crippen LogP) is 10.0. The van der Waals surface area contributed by atoms with Crippen LogP contribution in [0.5, 0.6) is 0 Å². The number of fused-ring (bicyclic) bond motifs is 2. The second kappa shape index (κ2) is 11.8. The molecule has 1 aliphatic carbocycles. The Morgan fingerprint density at radius 2 is 1.04 bits per heavy atom. The van der Waals surface area contributed by atoms with Crippen molar-refractivity contribution < 1.29 is 0 Å². The third-order valence-corrected chi connectivity index (χ3v) is 8.92. The normalized spacial score (nSPS) is 12.9. The zero-order chi connectivity index (χ0) is 31.9. The molecule has 0 N–H and O–H groups in total. The molecule has 4 aromatic carbocycles. The van der Waals surface area contributed by atoms with Gasteiger partial charge in [0.2, 0.25) is 0 Å². The molecule has 0 saturated carbocycles. The van der Waals surface area contributed by atoms with Gasteiger partial charge in [0.25, 0.3) is 0 Å². The highest BCUT2D eigenvalue weighted by Crippen LogP contribution is 2.34. The smallest absolute Gasteiger partial charge is 0.164 e. The first kappa shape index (κ1) is 27.9. The Kier molecular flexibility index (Phi) is 6.82. The van der Waals surface area contributed by atoms with Gasteiger partial charge in [-0.05, 0) is 89.7 Å². The van der Waals surface area contributed by atoms with Crippen molar-refractivity contribution in [2.45, 2.75) is 12.8 Å². The molecule has 0 radical (unpaired) electrons. The third-order valence-electron chi connectivity index (χ3n) is 8.92. The van der Waals surface area contributed by atoms with Crippen LogP contribution in [0.3, 0.4) is 0 Å². The average molecular weight is 619 g/mol. The predicted molar refractivity (Wildman–Crippen MR) is 194 cm³/mol. The van der Waals surface area contributed by atoms with Gasteiger partial charge in [0.05, 0.1) is 0 Å². The first-order valence-corrected chi connectivity index (χ1v) is 16.2. The maximum Gasteiger partial charge on any atom is 0.164 e. The van der Waals surface area contributed by atoms with Gasteiger partial charge in [-0.1, -0.05) is 91.0 Å². The van der Waals surface area contributed by atoms with Crippen molar-refractivity contribution in [3.8, 4) is 50.7 Å². The minimum Gasteiger partial charge on any atom is -0.281 e. The SMILES string of the molecule is C1=CCCC(n2c(-c3cccc(-c4ccc(-c5cccc(-c6nc7cccnc7n6-c6ccccc6)c5)cc4)c3)nc3cccnc32)=C1. The topological polar surface area (TPSA) is 61.4 Å². The first-order valence-electron chi connectivity index (χ1n) is 16.2. The molecule has 4 heterocycles. The Balaban J connectivity index is 1.07. The van der Waals surface area contributed by atoms with E-state index < -0.39 is 0 Å². The lowest BCUT2D eigenvalue weighted by Gasteiger charge is -2.15. The van der Waals surface area contributed by atoms with Crippen molar-refractivity contribution in [3.63, 3.8) is 0 Å². The lowest BCUT2D eigenvalue weighted by atomic mass is 9.98. The Morgan fingerprint density at radius 3 is 1.62 bits per heavy atom. The average Bonchev–Trinajstić information content (AvgIpc) is 3.75. The summed E-state index contributed by atoms with van der Waals surface area (Å²) in [5.41, 5.74) is 12.4. The van der Waals surface area contributed by atoms with E-state index in [1.807, 2.05) is 54.9 Å². The highest BCUT2D eigenvalue weighted by Gasteiger charge is 2.18. The van der Waals surface area contributed by atoms with Gasteiger partial charge in [0.1, 0.15) is 22.7 Å². The molecule has 0 amide bonds. The maximum atomic E-state index is 5.04. The Hall–Kier alpha value is -6.40. The molecule has 8 aromatic rings. The van der Waals surface area contributed by atoms with Gasteiger partial charge in [-0.3, -0.25) is 9.13 Å². The van der Waals surface area contributed by atoms with Gasteiger partial charge >= 0.3 is 0 Å². The van der Waals surface area contributed by atoms with Crippen molar-refractivity contribution >= 4 is 28.0 Å². The number of pyridine rings is 2. The second-order valence-corrected chi connectivity index (χ2v) is 11.9. The Labute approximate surface area is 278 Å². The first-order chi connectivity index (χ1) is 23.8. The monoisotopic (exact) mass is 618 g/mol. The van der Waals surface area contributed by atoms with Gasteiger partial charge in [-0.15, -0.1) is 0 Å². The van der Waals surface area contributed by atoms with Crippen molar-refractivity contribution in [3.05, 3.63) is 158 Å². The standard InChI is InChI=1S/C42H30N6/c1-3-15-35(16-4-1)47-39(45-37-19-9-25-43-41(37)47)33-13-7-11-31(27-33)29-21-23-30(24-22-29)32-12-8-14-34(28-32)40-46-38-20-10-26-44-42(38)48(40)36-17-5-2-6-18-36/h1-5,7-17,19-28H,6,18H2. The summed E-state index contributed by atoms with van der Waals surface area (Å²) < 4.78 is 4.35. The minimum absolute atomic E-state index is 0.842. The molecule has 6 nitrogen and oxygen atoms in total. The maximum absolute atomic E-state index is 5.04. The highest BCUT2D eigenvalue weighted by molar-refractivity contribution is 5.85. The fourth-order valence-electron chi connectivity index (χ4n) is 6.61. The quantitative estimate of drug-likeness (QED) is 0.186. The van der Waals surface area contributed by atoms with Crippen LogP contribution in [0.4, 0.5) is 0 Å². The van der Waals surface area contributed by atoms with Crippen molar-refractivity contribution in [2.24, 2.45) is 0 Å². The summed E-state index contributed by atoms with van der Waals surface area (Å²) in [5.74, 6) is 1.78. The zero-order valence-electron chi connectivity index (χ0n) is 26.1. The molecule has 0 atom stereocenters. The van der Waals surface area contributed by atoms with Crippen LogP contribution in [0.2, 0.25) is 0 Å². The molecular weight excluding hydrogens is 589 g/mol. The second-order valence-electron chi connectivity index (χ2n) is 11.9. The number of aromatic nitrogens is 6. The van der Waals surface area contributed by atoms with Crippen LogP contribution >= 0.6 is 0 Å². The summed E-state index contributed by atoms with van der Waals surface area (Å²) in [4.78, 5) is 19.4. The lowest BCUT2D eigenvalue weighted by molar-refractivity contribution is 0.952. The van der Waals surface area contributed by atoms with Crippen LogP contribution in [0.1, 0.15) is 12.8 Å². The summed E-state index contributed by atoms with van der Waals surface area (Å²) in [6.45, 7) is 0. The molecule has 48 heavy (non-hydrogen) atoms. The van der Waals surface area contributed by atoms with Crippen LogP contribution in [-0.4, -0.2) is 29.1 Å². The largest absolute Gasteiger partial charge is 0.281 e. The van der Waals surface area contributed by atoms with E-state index in [9.17, 15) is 0 Å². The van der Waals surface area contributed by atoms with Gasteiger partial charge in [0, 0.05) is 34.9 Å². The zero-order valence-corrected chi connectivity index (χ0v) is 26.1. The summed E-state index contributed by atoms with van der Waals surface area (Å²) in [5, 5.41) is 0. The lowest BCUT2D eigenvalue weighted by Crippen LogP contribution is -2.02. The van der Waals surface area contributed by atoms with Gasteiger partial charge in [-0.25, -0.2) is 19.9 Å². The fraction of sp³-hybridized carbons (Fsp3) is 0.0476. The summed E-state index contributed by atoms with van der Waals surface area (Å²) in [6.07, 6.45) is 12.1. The van der Waals surface area contributed by atoms with Crippen LogP contribution in [0, 0.1) is 0 Å². The van der Waals surface area contributed by atoms with Crippen LogP contribution in [0.15, 0.2) is 158 Å². The third kappa shape index (κ3) is 4.91. The van der Waals surface area contributed by atoms with E-state index in [1.165, 1.54) is 5.70 Å². The number of hydrogen-bond donors (Lipinski definition) is 0. The molecule has 4 aromatic heterocycles. The Morgan fingerprint density at radius 1 is 0.479 bits per heavy atom. The molecule has 0 aliphatic heterocycles. The molecular formula is C42H30N6. The number of allylic oxidation sites excluding steroid dienone is 4. The van der Waals surface area contributed by atoms with E-state index in [2.05, 4.69) is 117 Å². The molecule has 0 unspecified atom stereocenters. The summed E-state index contributed by atoms with van der Waals surface area (Å²) in [6, 6.07) is 44.2. The van der Waals surface area contributed by atoms with Crippen molar-refractivity contribution in [2.75, 3.05) is 0 Å². The number of hydrogen-bond acceptors (Lipinski definition) is 4. The number of rotatable bonds is 6. The van der Waals surface area contributed by atoms with Crippen LogP contribution < -0.4 is 0 Å². The van der Waals surface area contributed by atoms with E-state index in [4.69, 9.17) is 15.0 Å². The van der Waals surface area contributed by atoms with Crippen molar-refractivity contribution in [1.29, 1.82) is 0 Å². The van der Waals surface area contributed by atoms with E-state index in [0.29, 0.717) is 0 Å². The molecule has 228 valence electrons. The molecule has 0 saturated heterocycles. The van der Waals surface area contributed by atoms with E-state index in [-0.39, 0.29) is 0 Å².